The number of likely N-dealkylation sites (tertiary alicyclic amines) is 1. The average molecular weight is 512 g/mol. The normalized spacial score (nSPS) is 17.8. The van der Waals surface area contributed by atoms with E-state index in [1.807, 2.05) is 4.90 Å². The van der Waals surface area contributed by atoms with Crippen molar-refractivity contribution in [3.63, 3.8) is 0 Å². The van der Waals surface area contributed by atoms with Gasteiger partial charge in [0, 0.05) is 45.2 Å². The van der Waals surface area contributed by atoms with Gasteiger partial charge in [-0.3, -0.25) is 9.59 Å². The van der Waals surface area contributed by atoms with Gasteiger partial charge in [0.05, 0.1) is 18.9 Å². The van der Waals surface area contributed by atoms with Gasteiger partial charge in [0.15, 0.2) is 0 Å². The van der Waals surface area contributed by atoms with Crippen molar-refractivity contribution in [2.24, 2.45) is 5.92 Å². The Balaban J connectivity index is 1.74. The lowest BCUT2D eigenvalue weighted by Gasteiger charge is -2.40. The van der Waals surface area contributed by atoms with Crippen LogP contribution in [0.5, 0.6) is 0 Å². The molecule has 0 unspecified atom stereocenters. The highest BCUT2D eigenvalue weighted by atomic mass is 32.2. The van der Waals surface area contributed by atoms with Crippen LogP contribution >= 0.6 is 0 Å². The molecule has 3 rings (SSSR count). The number of rotatable bonds is 11. The summed E-state index contributed by atoms with van der Waals surface area (Å²) >= 11 is 0. The molecular weight excluding hydrogens is 473 g/mol. The van der Waals surface area contributed by atoms with E-state index in [2.05, 4.69) is 0 Å². The molecule has 1 saturated heterocycles. The SMILES string of the molecule is CCS(=O)(=O)N(CCOC)CC(=O)N(Cc1cccc(F)c1)C1CCN(C(=O)C2CCCC2)CC1. The fourth-order valence-electron chi connectivity index (χ4n) is 5.02. The van der Waals surface area contributed by atoms with Crippen molar-refractivity contribution in [2.45, 2.75) is 58.0 Å². The van der Waals surface area contributed by atoms with Crippen LogP contribution in [0.2, 0.25) is 0 Å². The second kappa shape index (κ2) is 12.8. The first-order chi connectivity index (χ1) is 16.7. The Bertz CT molecular complexity index is 960. The number of sulfonamides is 1. The van der Waals surface area contributed by atoms with Gasteiger partial charge in [-0.05, 0) is 50.3 Å². The van der Waals surface area contributed by atoms with Crippen molar-refractivity contribution in [1.29, 1.82) is 0 Å². The quantitative estimate of drug-likeness (QED) is 0.456. The smallest absolute Gasteiger partial charge is 0.238 e. The molecule has 0 aromatic heterocycles. The van der Waals surface area contributed by atoms with Gasteiger partial charge in [0.1, 0.15) is 5.82 Å². The molecule has 1 heterocycles. The van der Waals surface area contributed by atoms with Gasteiger partial charge in [0.25, 0.3) is 0 Å². The number of carbonyl (C=O) groups excluding carboxylic acids is 2. The van der Waals surface area contributed by atoms with Crippen LogP contribution in [-0.4, -0.2) is 86.0 Å². The molecule has 0 bridgehead atoms. The minimum absolute atomic E-state index is 0.0839. The lowest BCUT2D eigenvalue weighted by atomic mass is 9.99. The Morgan fingerprint density at radius 1 is 1.14 bits per heavy atom. The summed E-state index contributed by atoms with van der Waals surface area (Å²) in [5, 5.41) is 0. The van der Waals surface area contributed by atoms with Crippen molar-refractivity contribution in [2.75, 3.05) is 45.6 Å². The number of ether oxygens (including phenoxy) is 1. The molecule has 0 N–H and O–H groups in total. The lowest BCUT2D eigenvalue weighted by molar-refractivity contribution is -0.139. The third-order valence-corrected chi connectivity index (χ3v) is 8.93. The van der Waals surface area contributed by atoms with Gasteiger partial charge in [-0.15, -0.1) is 0 Å². The van der Waals surface area contributed by atoms with Crippen LogP contribution in [0.4, 0.5) is 4.39 Å². The molecule has 1 aromatic rings. The third-order valence-electron chi connectivity index (χ3n) is 7.10. The van der Waals surface area contributed by atoms with E-state index in [0.717, 1.165) is 30.0 Å². The number of nitrogens with zero attached hydrogens (tertiary/aromatic N) is 3. The number of hydrogen-bond donors (Lipinski definition) is 0. The van der Waals surface area contributed by atoms with Gasteiger partial charge in [0.2, 0.25) is 21.8 Å². The summed E-state index contributed by atoms with van der Waals surface area (Å²) in [6.45, 7) is 2.82. The third kappa shape index (κ3) is 7.47. The van der Waals surface area contributed by atoms with Crippen molar-refractivity contribution in [3.8, 4) is 0 Å². The lowest BCUT2D eigenvalue weighted by Crippen LogP contribution is -2.52. The molecule has 2 aliphatic rings. The molecule has 35 heavy (non-hydrogen) atoms. The second-order valence-corrected chi connectivity index (χ2v) is 11.7. The van der Waals surface area contributed by atoms with Gasteiger partial charge >= 0.3 is 0 Å². The topological polar surface area (TPSA) is 87.2 Å². The molecule has 196 valence electrons. The standard InChI is InChI=1S/C25H38FN3O5S/c1-3-35(32,33)28(15-16-34-2)19-24(30)29(18-20-7-6-10-22(26)17-20)23-11-13-27(14-12-23)25(31)21-8-4-5-9-21/h6-7,10,17,21,23H,3-5,8-9,11-16,18-19H2,1-2H3. The van der Waals surface area contributed by atoms with E-state index in [1.54, 1.807) is 24.0 Å². The predicted octanol–water partition coefficient (Wildman–Crippen LogP) is 2.63. The molecular formula is C25H38FN3O5S. The van der Waals surface area contributed by atoms with Crippen LogP contribution in [0.15, 0.2) is 24.3 Å². The number of piperidine rings is 1. The maximum Gasteiger partial charge on any atom is 0.238 e. The average Bonchev–Trinajstić information content (AvgIpc) is 3.39. The Hall–Kier alpha value is -2.04. The van der Waals surface area contributed by atoms with Crippen molar-refractivity contribution in [1.82, 2.24) is 14.1 Å². The second-order valence-electron chi connectivity index (χ2n) is 9.42. The molecule has 8 nitrogen and oxygen atoms in total. The number of hydrogen-bond acceptors (Lipinski definition) is 5. The molecule has 0 spiro atoms. The number of benzene rings is 1. The molecule has 1 aromatic carbocycles. The molecule has 0 atom stereocenters. The zero-order chi connectivity index (χ0) is 25.4. The van der Waals surface area contributed by atoms with Crippen LogP contribution in [0.3, 0.4) is 0 Å². The highest BCUT2D eigenvalue weighted by Gasteiger charge is 2.34. The first-order valence-electron chi connectivity index (χ1n) is 12.5. The minimum atomic E-state index is -3.61. The Labute approximate surface area is 208 Å². The van der Waals surface area contributed by atoms with E-state index < -0.39 is 10.0 Å². The van der Waals surface area contributed by atoms with Gasteiger partial charge < -0.3 is 14.5 Å². The summed E-state index contributed by atoms with van der Waals surface area (Å²) in [7, 11) is -2.13. The number of amides is 2. The molecule has 1 saturated carbocycles. The number of carbonyl (C=O) groups is 2. The Morgan fingerprint density at radius 2 is 1.83 bits per heavy atom. The summed E-state index contributed by atoms with van der Waals surface area (Å²) in [4.78, 5) is 29.9. The van der Waals surface area contributed by atoms with Crippen LogP contribution in [0.1, 0.15) is 51.0 Å². The maximum absolute atomic E-state index is 13.9. The van der Waals surface area contributed by atoms with Gasteiger partial charge in [-0.25, -0.2) is 12.8 Å². The number of methoxy groups -OCH3 is 1. The Morgan fingerprint density at radius 3 is 2.43 bits per heavy atom. The fraction of sp³-hybridized carbons (Fsp3) is 0.680. The molecule has 0 radical (unpaired) electrons. The molecule has 10 heteroatoms. The van der Waals surface area contributed by atoms with E-state index in [0.29, 0.717) is 31.5 Å². The molecule has 1 aliphatic carbocycles. The van der Waals surface area contributed by atoms with Crippen molar-refractivity contribution in [3.05, 3.63) is 35.6 Å². The van der Waals surface area contributed by atoms with Crippen LogP contribution in [0.25, 0.3) is 0 Å². The summed E-state index contributed by atoms with van der Waals surface area (Å²) in [6, 6.07) is 5.94. The molecule has 2 fully saturated rings. The zero-order valence-corrected chi connectivity index (χ0v) is 21.6. The minimum Gasteiger partial charge on any atom is -0.383 e. The Kier molecular flexibility index (Phi) is 10.1. The summed E-state index contributed by atoms with van der Waals surface area (Å²) in [6.07, 6.45) is 5.32. The van der Waals surface area contributed by atoms with E-state index in [9.17, 15) is 22.4 Å². The highest BCUT2D eigenvalue weighted by molar-refractivity contribution is 7.89. The van der Waals surface area contributed by atoms with E-state index in [1.165, 1.54) is 19.2 Å². The first-order valence-corrected chi connectivity index (χ1v) is 14.2. The predicted molar refractivity (Wildman–Crippen MR) is 131 cm³/mol. The fourth-order valence-corrected chi connectivity index (χ4v) is 6.04. The monoisotopic (exact) mass is 511 g/mol. The van der Waals surface area contributed by atoms with Gasteiger partial charge in [-0.2, -0.15) is 4.31 Å². The first kappa shape index (κ1) is 27.5. The van der Waals surface area contributed by atoms with E-state index in [-0.39, 0.29) is 61.6 Å². The van der Waals surface area contributed by atoms with Crippen LogP contribution < -0.4 is 0 Å². The molecule has 2 amide bonds. The van der Waals surface area contributed by atoms with Crippen molar-refractivity contribution >= 4 is 21.8 Å². The maximum atomic E-state index is 13.9. The van der Waals surface area contributed by atoms with E-state index >= 15 is 0 Å². The summed E-state index contributed by atoms with van der Waals surface area (Å²) in [5.74, 6) is -0.505. The zero-order valence-electron chi connectivity index (χ0n) is 20.8. The number of halogens is 1. The van der Waals surface area contributed by atoms with Crippen LogP contribution in [0, 0.1) is 11.7 Å². The summed E-state index contributed by atoms with van der Waals surface area (Å²) < 4.78 is 45.2. The van der Waals surface area contributed by atoms with Crippen molar-refractivity contribution < 1.29 is 27.1 Å². The van der Waals surface area contributed by atoms with Crippen LogP contribution in [-0.2, 0) is 30.9 Å². The summed E-state index contributed by atoms with van der Waals surface area (Å²) in [5.41, 5.74) is 0.643. The highest BCUT2D eigenvalue weighted by Crippen LogP contribution is 2.28. The molecule has 1 aliphatic heterocycles. The van der Waals surface area contributed by atoms with Gasteiger partial charge in [-0.1, -0.05) is 25.0 Å². The largest absolute Gasteiger partial charge is 0.383 e. The van der Waals surface area contributed by atoms with E-state index in [4.69, 9.17) is 4.74 Å².